The molecule has 0 saturated heterocycles. The van der Waals surface area contributed by atoms with Gasteiger partial charge in [-0.15, -0.1) is 5.10 Å². The molecule has 8 heteroatoms. The predicted molar refractivity (Wildman–Crippen MR) is 55.8 cm³/mol. The van der Waals surface area contributed by atoms with Crippen LogP contribution >= 0.6 is 11.6 Å². The van der Waals surface area contributed by atoms with Crippen LogP contribution in [0.1, 0.15) is 5.56 Å². The summed E-state index contributed by atoms with van der Waals surface area (Å²) in [6.45, 7) is 0. The van der Waals surface area contributed by atoms with Gasteiger partial charge < -0.3 is 5.73 Å². The minimum atomic E-state index is -4.43. The molecule has 0 fully saturated rings. The van der Waals surface area contributed by atoms with Crippen molar-refractivity contribution in [1.82, 2.24) is 15.0 Å². The van der Waals surface area contributed by atoms with Crippen LogP contribution < -0.4 is 5.73 Å². The van der Waals surface area contributed by atoms with E-state index in [1.54, 1.807) is 0 Å². The Hall–Kier alpha value is -1.76. The van der Waals surface area contributed by atoms with E-state index in [0.717, 1.165) is 16.8 Å². The van der Waals surface area contributed by atoms with E-state index in [1.807, 2.05) is 0 Å². The maximum absolute atomic E-state index is 12.4. The Bertz CT molecular complexity index is 549. The molecule has 0 unspecified atom stereocenters. The van der Waals surface area contributed by atoms with Crippen LogP contribution in [0.4, 0.5) is 19.0 Å². The lowest BCUT2D eigenvalue weighted by Gasteiger charge is -2.10. The van der Waals surface area contributed by atoms with Crippen molar-refractivity contribution in [2.45, 2.75) is 6.18 Å². The number of alkyl halides is 3. The number of hydrogen-bond donors (Lipinski definition) is 1. The molecule has 0 radical (unpaired) electrons. The smallest absolute Gasteiger partial charge is 0.382 e. The van der Waals surface area contributed by atoms with Crippen LogP contribution in [0.15, 0.2) is 24.4 Å². The highest BCUT2D eigenvalue weighted by Crippen LogP contribution is 2.33. The second-order valence-corrected chi connectivity index (χ2v) is 3.64. The van der Waals surface area contributed by atoms with Crippen molar-refractivity contribution in [1.29, 1.82) is 0 Å². The highest BCUT2D eigenvalue weighted by atomic mass is 35.5. The Kier molecular flexibility index (Phi) is 2.70. The Labute approximate surface area is 98.8 Å². The van der Waals surface area contributed by atoms with Crippen LogP contribution in [0.2, 0.25) is 5.02 Å². The van der Waals surface area contributed by atoms with E-state index in [-0.39, 0.29) is 16.5 Å². The molecule has 0 saturated carbocycles. The monoisotopic (exact) mass is 262 g/mol. The van der Waals surface area contributed by atoms with Gasteiger partial charge in [0, 0.05) is 0 Å². The number of nitrogens with two attached hydrogens (primary N) is 1. The van der Waals surface area contributed by atoms with Gasteiger partial charge in [0.25, 0.3) is 0 Å². The number of aromatic nitrogens is 3. The van der Waals surface area contributed by atoms with Gasteiger partial charge in [-0.05, 0) is 18.2 Å². The highest BCUT2D eigenvalue weighted by molar-refractivity contribution is 6.32. The topological polar surface area (TPSA) is 56.7 Å². The molecule has 0 amide bonds. The molecule has 2 rings (SSSR count). The molecule has 0 aliphatic heterocycles. The maximum atomic E-state index is 12.4. The first kappa shape index (κ1) is 11.7. The van der Waals surface area contributed by atoms with E-state index in [1.165, 1.54) is 12.3 Å². The third kappa shape index (κ3) is 2.19. The lowest BCUT2D eigenvalue weighted by molar-refractivity contribution is -0.137. The molecule has 1 aromatic carbocycles. The van der Waals surface area contributed by atoms with E-state index in [2.05, 4.69) is 10.3 Å². The molecule has 0 spiro atoms. The van der Waals surface area contributed by atoms with E-state index in [4.69, 9.17) is 17.3 Å². The summed E-state index contributed by atoms with van der Waals surface area (Å²) in [6.07, 6.45) is -3.16. The molecule has 2 aromatic rings. The summed E-state index contributed by atoms with van der Waals surface area (Å²) in [5, 5.41) is 7.03. The molecule has 0 aliphatic rings. The van der Waals surface area contributed by atoms with E-state index >= 15 is 0 Å². The number of hydrogen-bond acceptors (Lipinski definition) is 3. The number of benzene rings is 1. The highest BCUT2D eigenvalue weighted by Gasteiger charge is 2.31. The van der Waals surface area contributed by atoms with Crippen LogP contribution in [0.3, 0.4) is 0 Å². The molecule has 1 heterocycles. The SMILES string of the molecule is Nc1cnnn1-c1ccc(C(F)(F)F)cc1Cl. The fourth-order valence-electron chi connectivity index (χ4n) is 1.29. The van der Waals surface area contributed by atoms with E-state index < -0.39 is 11.7 Å². The zero-order chi connectivity index (χ0) is 12.6. The fraction of sp³-hybridized carbons (Fsp3) is 0.111. The predicted octanol–water partition coefficient (Wildman–Crippen LogP) is 2.52. The fourth-order valence-corrected chi connectivity index (χ4v) is 1.55. The molecule has 90 valence electrons. The molecule has 0 aliphatic carbocycles. The molecule has 17 heavy (non-hydrogen) atoms. The quantitative estimate of drug-likeness (QED) is 0.859. The van der Waals surface area contributed by atoms with Crippen LogP contribution in [0.5, 0.6) is 0 Å². The molecular weight excluding hydrogens is 257 g/mol. The Morgan fingerprint density at radius 1 is 1.29 bits per heavy atom. The van der Waals surface area contributed by atoms with Gasteiger partial charge in [0.2, 0.25) is 0 Å². The van der Waals surface area contributed by atoms with Gasteiger partial charge >= 0.3 is 6.18 Å². The van der Waals surface area contributed by atoms with Gasteiger partial charge in [0.15, 0.2) is 0 Å². The maximum Gasteiger partial charge on any atom is 0.416 e. The van der Waals surface area contributed by atoms with Crippen molar-refractivity contribution < 1.29 is 13.2 Å². The van der Waals surface area contributed by atoms with Gasteiger partial charge in [0.1, 0.15) is 5.82 Å². The van der Waals surface area contributed by atoms with Crippen LogP contribution in [-0.2, 0) is 6.18 Å². The molecule has 0 atom stereocenters. The van der Waals surface area contributed by atoms with Crippen molar-refractivity contribution in [3.05, 3.63) is 35.0 Å². The lowest BCUT2D eigenvalue weighted by atomic mass is 10.2. The minimum absolute atomic E-state index is 0.1000. The van der Waals surface area contributed by atoms with Crippen LogP contribution in [0, 0.1) is 0 Å². The number of halogens is 4. The summed E-state index contributed by atoms with van der Waals surface area (Å²) >= 11 is 5.75. The first-order valence-electron chi connectivity index (χ1n) is 4.43. The summed E-state index contributed by atoms with van der Waals surface area (Å²) in [5.74, 6) is 0.187. The molecule has 2 N–H and O–H groups in total. The van der Waals surface area contributed by atoms with Crippen molar-refractivity contribution in [2.24, 2.45) is 0 Å². The van der Waals surface area contributed by atoms with Gasteiger partial charge in [0.05, 0.1) is 22.5 Å². The van der Waals surface area contributed by atoms with Crippen molar-refractivity contribution in [3.8, 4) is 5.69 Å². The van der Waals surface area contributed by atoms with Gasteiger partial charge in [-0.1, -0.05) is 16.8 Å². The largest absolute Gasteiger partial charge is 0.416 e. The Morgan fingerprint density at radius 2 is 2.00 bits per heavy atom. The van der Waals surface area contributed by atoms with Crippen molar-refractivity contribution in [2.75, 3.05) is 5.73 Å². The Morgan fingerprint density at radius 3 is 2.47 bits per heavy atom. The van der Waals surface area contributed by atoms with Crippen LogP contribution in [0.25, 0.3) is 5.69 Å². The second-order valence-electron chi connectivity index (χ2n) is 3.23. The minimum Gasteiger partial charge on any atom is -0.382 e. The van der Waals surface area contributed by atoms with Gasteiger partial charge in [-0.2, -0.15) is 17.9 Å². The van der Waals surface area contributed by atoms with Gasteiger partial charge in [-0.3, -0.25) is 0 Å². The summed E-state index contributed by atoms with van der Waals surface area (Å²) in [4.78, 5) is 0. The molecular formula is C9H6ClF3N4. The van der Waals surface area contributed by atoms with Crippen molar-refractivity contribution >= 4 is 17.4 Å². The number of anilines is 1. The number of rotatable bonds is 1. The molecule has 1 aromatic heterocycles. The zero-order valence-electron chi connectivity index (χ0n) is 8.24. The first-order chi connectivity index (χ1) is 7.89. The molecule has 4 nitrogen and oxygen atoms in total. The summed E-state index contributed by atoms with van der Waals surface area (Å²) in [6, 6.07) is 2.91. The van der Waals surface area contributed by atoms with E-state index in [0.29, 0.717) is 0 Å². The number of nitrogens with zero attached hydrogens (tertiary/aromatic N) is 3. The zero-order valence-corrected chi connectivity index (χ0v) is 9.00. The first-order valence-corrected chi connectivity index (χ1v) is 4.80. The average molecular weight is 263 g/mol. The third-order valence-electron chi connectivity index (χ3n) is 2.08. The lowest BCUT2D eigenvalue weighted by Crippen LogP contribution is -2.07. The second kappa shape index (κ2) is 3.92. The summed E-state index contributed by atoms with van der Waals surface area (Å²) in [7, 11) is 0. The summed E-state index contributed by atoms with van der Waals surface area (Å²) in [5.41, 5.74) is 4.94. The van der Waals surface area contributed by atoms with E-state index in [9.17, 15) is 13.2 Å². The van der Waals surface area contributed by atoms with Crippen LogP contribution in [-0.4, -0.2) is 15.0 Å². The number of nitrogen functional groups attached to an aromatic ring is 1. The van der Waals surface area contributed by atoms with Gasteiger partial charge in [-0.25, -0.2) is 0 Å². The average Bonchev–Trinajstić information content (AvgIpc) is 2.63. The molecule has 0 bridgehead atoms. The normalized spacial score (nSPS) is 11.8. The third-order valence-corrected chi connectivity index (χ3v) is 2.38. The van der Waals surface area contributed by atoms with Crippen molar-refractivity contribution in [3.63, 3.8) is 0 Å². The Balaban J connectivity index is 2.50. The standard InChI is InChI=1S/C9H6ClF3N4/c10-6-3-5(9(11,12)13)1-2-7(6)17-8(14)4-15-16-17/h1-4H,14H2. The summed E-state index contributed by atoms with van der Waals surface area (Å²) < 4.78 is 38.4.